The monoisotopic (exact) mass is 819 g/mol. The molecule has 4 saturated carbocycles. The maximum Gasteiger partial charge on any atom is 0.326 e. The van der Waals surface area contributed by atoms with E-state index >= 15 is 0 Å². The van der Waals surface area contributed by atoms with Gasteiger partial charge in [-0.25, -0.2) is 13.2 Å². The van der Waals surface area contributed by atoms with E-state index in [0.29, 0.717) is 42.7 Å². The molecule has 0 aromatic heterocycles. The third-order valence-corrected chi connectivity index (χ3v) is 13.9. The largest absolute Gasteiger partial charge is 0.480 e. The molecule has 16 nitrogen and oxygen atoms in total. The van der Waals surface area contributed by atoms with Crippen LogP contribution in [0, 0.1) is 28.6 Å². The van der Waals surface area contributed by atoms with Crippen LogP contribution in [0.25, 0.3) is 0 Å². The van der Waals surface area contributed by atoms with Gasteiger partial charge in [0.1, 0.15) is 12.1 Å². The van der Waals surface area contributed by atoms with Crippen molar-refractivity contribution >= 4 is 56.9 Å². The average Bonchev–Trinajstić information content (AvgIpc) is 3.68. The fourth-order valence-electron chi connectivity index (χ4n) is 9.69. The average molecular weight is 820 g/mol. The fraction of sp³-hybridized carbons (Fsp3) is 0.537. The van der Waals surface area contributed by atoms with E-state index in [1.165, 1.54) is 43.5 Å². The van der Waals surface area contributed by atoms with Crippen LogP contribution in [0.4, 0.5) is 5.69 Å². The number of nitrogens with one attached hydrogen (secondary N) is 5. The Morgan fingerprint density at radius 1 is 0.931 bits per heavy atom. The standard InChI is InChI=1S/C41H53N7O9S/c42-35(43)19-25-17-29(20-30(18-25)46-36(50)9-4-12-44-40(55)41-21-26-14-27(22-41)16-28(15-26)23-41)37(51)45-24-31(49)10-11-33(39(53)54)47-38(52)34-8-5-13-48(34)58(56,57)32-6-2-1-3-7-32/h1-3,6-7,17-18,20,26-28,33-34H,4-5,8-16,19,21-24H2,(H3,42,43)(H,44,55)(H,45,51)(H,46,50)(H,47,52)(H,53,54). The van der Waals surface area contributed by atoms with Gasteiger partial charge in [0.25, 0.3) is 5.91 Å². The van der Waals surface area contributed by atoms with Gasteiger partial charge in [-0.05, 0) is 118 Å². The minimum absolute atomic E-state index is 0.00161. The van der Waals surface area contributed by atoms with Crippen LogP contribution in [-0.2, 0) is 40.4 Å². The molecule has 2 atom stereocenters. The summed E-state index contributed by atoms with van der Waals surface area (Å²) in [6.45, 7) is 0.00915. The molecule has 58 heavy (non-hydrogen) atoms. The second kappa shape index (κ2) is 18.2. The molecule has 4 bridgehead atoms. The number of hydrogen-bond acceptors (Lipinski definition) is 9. The van der Waals surface area contributed by atoms with Gasteiger partial charge in [0.2, 0.25) is 27.7 Å². The third-order valence-electron chi connectivity index (χ3n) is 11.9. The maximum absolute atomic E-state index is 13.3. The Morgan fingerprint density at radius 2 is 1.60 bits per heavy atom. The first kappa shape index (κ1) is 42.4. The molecule has 0 radical (unpaired) electrons. The molecule has 8 N–H and O–H groups in total. The number of carboxylic acid groups (broad SMARTS) is 1. The Kier molecular flexibility index (Phi) is 13.3. The molecule has 5 aliphatic rings. The van der Waals surface area contributed by atoms with Crippen LogP contribution >= 0.6 is 0 Å². The van der Waals surface area contributed by atoms with Crippen LogP contribution in [0.1, 0.15) is 93.0 Å². The van der Waals surface area contributed by atoms with E-state index in [4.69, 9.17) is 11.1 Å². The Hall–Kier alpha value is -5.16. The summed E-state index contributed by atoms with van der Waals surface area (Å²) < 4.78 is 27.4. The number of anilines is 1. The molecule has 17 heteroatoms. The lowest BCUT2D eigenvalue weighted by Gasteiger charge is -2.55. The van der Waals surface area contributed by atoms with Gasteiger partial charge in [0.15, 0.2) is 5.78 Å². The highest BCUT2D eigenvalue weighted by atomic mass is 32.2. The SMILES string of the molecule is N=C(N)Cc1cc(NC(=O)CCCNC(=O)C23CC4CC(CC(C4)C2)C3)cc(C(=O)NCC(=O)CCC(NC(=O)C2CCCN2S(=O)(=O)c2ccccc2)C(=O)O)c1. The number of aliphatic carboxylic acids is 1. The number of nitrogens with zero attached hydrogens (tertiary/aromatic N) is 1. The molecule has 4 aliphatic carbocycles. The van der Waals surface area contributed by atoms with Gasteiger partial charge in [0, 0.05) is 49.0 Å². The highest BCUT2D eigenvalue weighted by molar-refractivity contribution is 7.89. The lowest BCUT2D eigenvalue weighted by atomic mass is 9.49. The van der Waals surface area contributed by atoms with Crippen LogP contribution < -0.4 is 27.0 Å². The van der Waals surface area contributed by atoms with Crippen molar-refractivity contribution in [1.82, 2.24) is 20.3 Å². The van der Waals surface area contributed by atoms with Crippen molar-refractivity contribution in [2.75, 3.05) is 25.0 Å². The number of sulfonamides is 1. The number of hydrogen-bond donors (Lipinski definition) is 7. The first-order chi connectivity index (χ1) is 27.6. The van der Waals surface area contributed by atoms with Gasteiger partial charge in [-0.2, -0.15) is 4.31 Å². The molecule has 0 spiro atoms. The first-order valence-electron chi connectivity index (χ1n) is 20.1. The predicted molar refractivity (Wildman–Crippen MR) is 213 cm³/mol. The molecular formula is C41H53N7O9S. The minimum Gasteiger partial charge on any atom is -0.480 e. The summed E-state index contributed by atoms with van der Waals surface area (Å²) >= 11 is 0. The van der Waals surface area contributed by atoms with Crippen LogP contribution in [0.5, 0.6) is 0 Å². The molecule has 1 heterocycles. The zero-order valence-corrected chi connectivity index (χ0v) is 33.3. The van der Waals surface area contributed by atoms with Crippen LogP contribution in [0.3, 0.4) is 0 Å². The Balaban J connectivity index is 0.967. The van der Waals surface area contributed by atoms with Gasteiger partial charge in [-0.3, -0.25) is 29.4 Å². The molecular weight excluding hydrogens is 767 g/mol. The van der Waals surface area contributed by atoms with Crippen molar-refractivity contribution in [3.05, 3.63) is 59.7 Å². The number of rotatable bonds is 19. The molecule has 1 saturated heterocycles. The second-order valence-corrected chi connectivity index (χ2v) is 18.4. The Bertz CT molecular complexity index is 2010. The number of nitrogens with two attached hydrogens (primary N) is 1. The fourth-order valence-corrected chi connectivity index (χ4v) is 11.4. The number of ketones is 1. The molecule has 5 fully saturated rings. The van der Waals surface area contributed by atoms with E-state index in [0.717, 1.165) is 23.6 Å². The van der Waals surface area contributed by atoms with Crippen LogP contribution in [0.2, 0.25) is 0 Å². The van der Waals surface area contributed by atoms with E-state index in [9.17, 15) is 42.3 Å². The van der Waals surface area contributed by atoms with E-state index in [1.807, 2.05) is 0 Å². The normalized spacial score (nSPS) is 24.1. The van der Waals surface area contributed by atoms with E-state index in [-0.39, 0.29) is 77.9 Å². The number of amidine groups is 1. The Morgan fingerprint density at radius 3 is 2.24 bits per heavy atom. The highest BCUT2D eigenvalue weighted by Gasteiger charge is 2.54. The number of benzene rings is 2. The van der Waals surface area contributed by atoms with E-state index in [2.05, 4.69) is 21.3 Å². The summed E-state index contributed by atoms with van der Waals surface area (Å²) in [6, 6.07) is 9.54. The summed E-state index contributed by atoms with van der Waals surface area (Å²) in [5, 5.41) is 28.3. The zero-order chi connectivity index (χ0) is 41.6. The summed E-state index contributed by atoms with van der Waals surface area (Å²) in [5.74, 6) is -1.80. The quantitative estimate of drug-likeness (QED) is 0.0620. The van der Waals surface area contributed by atoms with E-state index < -0.39 is 52.2 Å². The third kappa shape index (κ3) is 10.3. The van der Waals surface area contributed by atoms with Crippen LogP contribution in [0.15, 0.2) is 53.4 Å². The van der Waals surface area contributed by atoms with Crippen LogP contribution in [-0.4, -0.2) is 90.8 Å². The van der Waals surface area contributed by atoms with Gasteiger partial charge >= 0.3 is 5.97 Å². The summed E-state index contributed by atoms with van der Waals surface area (Å²) in [4.78, 5) is 77.4. The van der Waals surface area contributed by atoms with Crippen molar-refractivity contribution < 1.29 is 42.3 Å². The number of amides is 4. The number of carboxylic acids is 1. The minimum atomic E-state index is -4.00. The smallest absolute Gasteiger partial charge is 0.326 e. The summed E-state index contributed by atoms with van der Waals surface area (Å²) in [6.07, 6.45) is 7.16. The van der Waals surface area contributed by atoms with E-state index in [1.54, 1.807) is 24.3 Å². The van der Waals surface area contributed by atoms with Gasteiger partial charge < -0.3 is 32.1 Å². The zero-order valence-electron chi connectivity index (χ0n) is 32.5. The Labute approximate surface area is 338 Å². The molecule has 4 amide bonds. The summed E-state index contributed by atoms with van der Waals surface area (Å²) in [5.41, 5.74) is 6.20. The topological polar surface area (TPSA) is 258 Å². The van der Waals surface area contributed by atoms with Crippen molar-refractivity contribution in [3.8, 4) is 0 Å². The van der Waals surface area contributed by atoms with Gasteiger partial charge in [-0.15, -0.1) is 0 Å². The second-order valence-electron chi connectivity index (χ2n) is 16.5. The maximum atomic E-state index is 13.3. The van der Waals surface area contributed by atoms with Crippen molar-refractivity contribution in [2.24, 2.45) is 28.9 Å². The lowest BCUT2D eigenvalue weighted by Crippen LogP contribution is -2.53. The highest BCUT2D eigenvalue weighted by Crippen LogP contribution is 2.60. The first-order valence-corrected chi connectivity index (χ1v) is 21.5. The molecule has 1 aliphatic heterocycles. The number of Topliss-reactive ketones (excluding diaryl/α,β-unsaturated/α-hetero) is 1. The molecule has 2 aromatic rings. The van der Waals surface area contributed by atoms with Gasteiger partial charge in [0.05, 0.1) is 17.3 Å². The number of carbonyl (C=O) groups excluding carboxylic acids is 5. The lowest BCUT2D eigenvalue weighted by molar-refractivity contribution is -0.146. The molecule has 312 valence electrons. The predicted octanol–water partition coefficient (Wildman–Crippen LogP) is 2.72. The van der Waals surface area contributed by atoms with Crippen molar-refractivity contribution in [3.63, 3.8) is 0 Å². The molecule has 2 unspecified atom stereocenters. The molecule has 2 aromatic carbocycles. The molecule has 7 rings (SSSR count). The van der Waals surface area contributed by atoms with Gasteiger partial charge in [-0.1, -0.05) is 18.2 Å². The summed E-state index contributed by atoms with van der Waals surface area (Å²) in [7, 11) is -4.00. The number of carbonyl (C=O) groups is 6. The van der Waals surface area contributed by atoms with Crippen molar-refractivity contribution in [1.29, 1.82) is 5.41 Å². The van der Waals surface area contributed by atoms with Crippen molar-refractivity contribution in [2.45, 2.75) is 100 Å².